The number of aromatic nitrogens is 1. The molecule has 1 atom stereocenters. The predicted molar refractivity (Wildman–Crippen MR) is 135 cm³/mol. The van der Waals surface area contributed by atoms with Crippen LogP contribution >= 0.6 is 11.6 Å². The molecule has 1 saturated heterocycles. The summed E-state index contributed by atoms with van der Waals surface area (Å²) in [7, 11) is 0. The fraction of sp³-hybridized carbons (Fsp3) is 0.333. The molecule has 0 unspecified atom stereocenters. The lowest BCUT2D eigenvalue weighted by Gasteiger charge is -2.21. The van der Waals surface area contributed by atoms with Crippen molar-refractivity contribution in [3.8, 4) is 11.5 Å². The van der Waals surface area contributed by atoms with Gasteiger partial charge in [-0.3, -0.25) is 9.78 Å². The van der Waals surface area contributed by atoms with Crippen LogP contribution in [0.3, 0.4) is 0 Å². The number of carbonyl (C=O) groups excluding carboxylic acids is 1. The number of nitrogens with zero attached hydrogens (tertiary/aromatic N) is 2. The van der Waals surface area contributed by atoms with Crippen LogP contribution in [0, 0.1) is 12.8 Å². The molecule has 4 rings (SSSR count). The lowest BCUT2D eigenvalue weighted by atomic mass is 10.1. The average molecular weight is 480 g/mol. The highest BCUT2D eigenvalue weighted by Crippen LogP contribution is 2.30. The molecule has 1 fully saturated rings. The molecule has 0 radical (unpaired) electrons. The Morgan fingerprint density at radius 2 is 2.06 bits per heavy atom. The molecule has 1 aliphatic rings. The zero-order valence-corrected chi connectivity index (χ0v) is 20.3. The molecule has 1 aromatic heterocycles. The van der Waals surface area contributed by atoms with E-state index in [0.29, 0.717) is 42.7 Å². The van der Waals surface area contributed by atoms with E-state index >= 15 is 0 Å². The number of aryl methyl sites for hydroxylation is 1. The smallest absolute Gasteiger partial charge is 0.251 e. The van der Waals surface area contributed by atoms with Crippen LogP contribution in [0.2, 0.25) is 5.02 Å². The molecule has 0 aliphatic carbocycles. The van der Waals surface area contributed by atoms with Crippen LogP contribution in [-0.2, 0) is 6.61 Å². The monoisotopic (exact) mass is 479 g/mol. The third-order valence-electron chi connectivity index (χ3n) is 5.97. The van der Waals surface area contributed by atoms with Gasteiger partial charge in [-0.1, -0.05) is 23.7 Å². The molecule has 178 valence electrons. The van der Waals surface area contributed by atoms with Crippen molar-refractivity contribution in [3.63, 3.8) is 0 Å². The Bertz CT molecular complexity index is 1120. The van der Waals surface area contributed by atoms with E-state index in [9.17, 15) is 4.79 Å². The molecule has 7 heteroatoms. The maximum atomic E-state index is 12.9. The average Bonchev–Trinajstić information content (AvgIpc) is 3.33. The molecular weight excluding hydrogens is 450 g/mol. The molecule has 6 nitrogen and oxygen atoms in total. The number of rotatable bonds is 9. The summed E-state index contributed by atoms with van der Waals surface area (Å²) >= 11 is 6.19. The Kier molecular flexibility index (Phi) is 7.91. The number of amides is 1. The molecule has 2 heterocycles. The molecule has 1 aliphatic heterocycles. The van der Waals surface area contributed by atoms with E-state index in [-0.39, 0.29) is 5.91 Å². The van der Waals surface area contributed by atoms with E-state index in [1.807, 2.05) is 37.3 Å². The maximum Gasteiger partial charge on any atom is 0.251 e. The number of hydrogen-bond donors (Lipinski definition) is 1. The lowest BCUT2D eigenvalue weighted by Crippen LogP contribution is -2.31. The summed E-state index contributed by atoms with van der Waals surface area (Å²) in [5.74, 6) is 1.43. The predicted octanol–water partition coefficient (Wildman–Crippen LogP) is 5.28. The summed E-state index contributed by atoms with van der Waals surface area (Å²) in [5.41, 5.74) is 3.90. The second-order valence-electron chi connectivity index (χ2n) is 8.49. The van der Waals surface area contributed by atoms with Crippen LogP contribution in [0.5, 0.6) is 11.5 Å². The van der Waals surface area contributed by atoms with Gasteiger partial charge in [-0.05, 0) is 68.1 Å². The molecule has 0 spiro atoms. The van der Waals surface area contributed by atoms with Gasteiger partial charge in [0, 0.05) is 53.9 Å². The third-order valence-corrected chi connectivity index (χ3v) is 6.21. The first-order valence-electron chi connectivity index (χ1n) is 11.6. The molecule has 0 bridgehead atoms. The number of benzene rings is 2. The topological polar surface area (TPSA) is 63.7 Å². The van der Waals surface area contributed by atoms with Crippen LogP contribution in [-0.4, -0.2) is 37.1 Å². The highest BCUT2D eigenvalue weighted by atomic mass is 35.5. The summed E-state index contributed by atoms with van der Waals surface area (Å²) in [6.45, 7) is 7.34. The van der Waals surface area contributed by atoms with Gasteiger partial charge in [0.15, 0.2) is 11.5 Å². The first-order valence-corrected chi connectivity index (χ1v) is 12.0. The molecule has 3 aromatic rings. The van der Waals surface area contributed by atoms with E-state index in [2.05, 4.69) is 22.1 Å². The Balaban J connectivity index is 1.34. The van der Waals surface area contributed by atoms with Gasteiger partial charge in [-0.25, -0.2) is 0 Å². The Morgan fingerprint density at radius 1 is 1.18 bits per heavy atom. The molecule has 0 saturated carbocycles. The summed E-state index contributed by atoms with van der Waals surface area (Å²) in [6.07, 6.45) is 4.52. The minimum Gasteiger partial charge on any atom is -0.490 e. The molecule has 1 N–H and O–H groups in total. The van der Waals surface area contributed by atoms with Crippen LogP contribution in [0.25, 0.3) is 0 Å². The summed E-state index contributed by atoms with van der Waals surface area (Å²) < 4.78 is 11.7. The van der Waals surface area contributed by atoms with Crippen LogP contribution in [0.15, 0.2) is 60.9 Å². The standard InChI is InChI=1S/C27H30ClN3O3/c1-3-33-26-13-22(7-9-25(26)34-18-21-5-4-11-29-15-21)27(32)30-16-20-10-12-31(17-20)24-14-23(28)8-6-19(24)2/h4-9,11,13-15,20H,3,10,12,16-18H2,1-2H3,(H,30,32)/t20-/m0/s1. The summed E-state index contributed by atoms with van der Waals surface area (Å²) in [4.78, 5) is 19.3. The van der Waals surface area contributed by atoms with E-state index in [4.69, 9.17) is 21.1 Å². The molecule has 1 amide bonds. The van der Waals surface area contributed by atoms with Crippen molar-refractivity contribution in [1.29, 1.82) is 0 Å². The minimum absolute atomic E-state index is 0.114. The van der Waals surface area contributed by atoms with Gasteiger partial charge < -0.3 is 19.7 Å². The minimum atomic E-state index is -0.114. The van der Waals surface area contributed by atoms with Gasteiger partial charge in [0.1, 0.15) is 6.61 Å². The second kappa shape index (κ2) is 11.3. The van der Waals surface area contributed by atoms with Crippen molar-refractivity contribution in [3.05, 3.63) is 82.6 Å². The maximum absolute atomic E-state index is 12.9. The van der Waals surface area contributed by atoms with E-state index in [1.54, 1.807) is 30.6 Å². The quantitative estimate of drug-likeness (QED) is 0.452. The Hall–Kier alpha value is -3.25. The van der Waals surface area contributed by atoms with Crippen LogP contribution in [0.1, 0.15) is 34.8 Å². The number of hydrogen-bond acceptors (Lipinski definition) is 5. The number of ether oxygens (including phenoxy) is 2. The van der Waals surface area contributed by atoms with Gasteiger partial charge in [0.05, 0.1) is 6.61 Å². The molecular formula is C27H30ClN3O3. The normalized spacial score (nSPS) is 15.3. The Morgan fingerprint density at radius 3 is 2.85 bits per heavy atom. The highest BCUT2D eigenvalue weighted by molar-refractivity contribution is 6.30. The van der Waals surface area contributed by atoms with Gasteiger partial charge >= 0.3 is 0 Å². The summed E-state index contributed by atoms with van der Waals surface area (Å²) in [5, 5.41) is 3.83. The second-order valence-corrected chi connectivity index (χ2v) is 8.92. The van der Waals surface area contributed by atoms with E-state index in [1.165, 1.54) is 11.3 Å². The van der Waals surface area contributed by atoms with Crippen molar-refractivity contribution in [2.24, 2.45) is 5.92 Å². The van der Waals surface area contributed by atoms with Gasteiger partial charge in [-0.2, -0.15) is 0 Å². The van der Waals surface area contributed by atoms with Gasteiger partial charge in [-0.15, -0.1) is 0 Å². The van der Waals surface area contributed by atoms with E-state index < -0.39 is 0 Å². The largest absolute Gasteiger partial charge is 0.490 e. The van der Waals surface area contributed by atoms with Crippen molar-refractivity contribution in [2.45, 2.75) is 26.9 Å². The van der Waals surface area contributed by atoms with Gasteiger partial charge in [0.25, 0.3) is 5.91 Å². The zero-order chi connectivity index (χ0) is 23.9. The Labute approximate surface area is 205 Å². The third kappa shape index (κ3) is 6.00. The van der Waals surface area contributed by atoms with Gasteiger partial charge in [0.2, 0.25) is 0 Å². The number of anilines is 1. The first kappa shape index (κ1) is 23.9. The van der Waals surface area contributed by atoms with Crippen LogP contribution < -0.4 is 19.7 Å². The molecule has 34 heavy (non-hydrogen) atoms. The first-order chi connectivity index (χ1) is 16.5. The van der Waals surface area contributed by atoms with Crippen molar-refractivity contribution in [2.75, 3.05) is 31.1 Å². The number of halogens is 1. The van der Waals surface area contributed by atoms with Crippen molar-refractivity contribution >= 4 is 23.2 Å². The number of pyridine rings is 1. The summed E-state index contributed by atoms with van der Waals surface area (Å²) in [6, 6.07) is 15.1. The number of carbonyl (C=O) groups is 1. The van der Waals surface area contributed by atoms with Crippen molar-refractivity contribution in [1.82, 2.24) is 10.3 Å². The highest BCUT2D eigenvalue weighted by Gasteiger charge is 2.24. The zero-order valence-electron chi connectivity index (χ0n) is 19.6. The number of nitrogens with one attached hydrogen (secondary N) is 1. The fourth-order valence-electron chi connectivity index (χ4n) is 4.16. The molecule has 2 aromatic carbocycles. The SMILES string of the molecule is CCOc1cc(C(=O)NC[C@@H]2CCN(c3cc(Cl)ccc3C)C2)ccc1OCc1cccnc1. The fourth-order valence-corrected chi connectivity index (χ4v) is 4.33. The lowest BCUT2D eigenvalue weighted by molar-refractivity contribution is 0.0947. The van der Waals surface area contributed by atoms with Crippen LogP contribution in [0.4, 0.5) is 5.69 Å². The van der Waals surface area contributed by atoms with Crippen molar-refractivity contribution < 1.29 is 14.3 Å². The van der Waals surface area contributed by atoms with E-state index in [0.717, 1.165) is 30.1 Å².